The van der Waals surface area contributed by atoms with E-state index in [1.54, 1.807) is 50.9 Å². The van der Waals surface area contributed by atoms with Gasteiger partial charge in [-0.1, -0.05) is 12.1 Å². The van der Waals surface area contributed by atoms with Gasteiger partial charge in [-0.15, -0.1) is 0 Å². The maximum atomic E-state index is 12.8. The van der Waals surface area contributed by atoms with Crippen LogP contribution in [0.3, 0.4) is 0 Å². The first-order chi connectivity index (χ1) is 12.9. The number of fused-ring (bicyclic) bond motifs is 1. The molecular formula is C20H29N4O4. The van der Waals surface area contributed by atoms with Crippen molar-refractivity contribution < 1.29 is 19.1 Å². The van der Waals surface area contributed by atoms with Crippen molar-refractivity contribution in [3.63, 3.8) is 0 Å². The van der Waals surface area contributed by atoms with Crippen molar-refractivity contribution in [2.75, 3.05) is 25.0 Å². The molecule has 0 spiro atoms. The zero-order valence-electron chi connectivity index (χ0n) is 17.6. The zero-order valence-corrected chi connectivity index (χ0v) is 17.6. The second-order valence-electron chi connectivity index (χ2n) is 8.48. The Morgan fingerprint density at radius 2 is 1.82 bits per heavy atom. The van der Waals surface area contributed by atoms with E-state index in [4.69, 9.17) is 9.47 Å². The lowest BCUT2D eigenvalue weighted by Gasteiger charge is -2.24. The molecule has 8 heteroatoms. The predicted molar refractivity (Wildman–Crippen MR) is 108 cm³/mol. The molecule has 8 nitrogen and oxygen atoms in total. The summed E-state index contributed by atoms with van der Waals surface area (Å²) in [5, 5.41) is 2.70. The first kappa shape index (κ1) is 21.5. The Morgan fingerprint density at radius 1 is 1.18 bits per heavy atom. The van der Waals surface area contributed by atoms with Crippen LogP contribution >= 0.6 is 0 Å². The van der Waals surface area contributed by atoms with Gasteiger partial charge in [0.15, 0.2) is 0 Å². The van der Waals surface area contributed by atoms with E-state index in [0.29, 0.717) is 30.1 Å². The summed E-state index contributed by atoms with van der Waals surface area (Å²) >= 11 is 0. The van der Waals surface area contributed by atoms with Crippen LogP contribution in [0.5, 0.6) is 0 Å². The van der Waals surface area contributed by atoms with E-state index in [9.17, 15) is 9.59 Å². The highest BCUT2D eigenvalue weighted by atomic mass is 16.6. The number of benzene rings is 1. The summed E-state index contributed by atoms with van der Waals surface area (Å²) in [7, 11) is 1.79. The molecule has 0 unspecified atom stereocenters. The fourth-order valence-corrected chi connectivity index (χ4v) is 2.43. The number of carbonyl (C=O) groups excluding carboxylic acids is 2. The summed E-state index contributed by atoms with van der Waals surface area (Å²) in [5.41, 5.74) is -0.0226. The average molecular weight is 389 g/mol. The Labute approximate surface area is 165 Å². The number of carbonyl (C=O) groups is 2. The Hall–Kier alpha value is -2.77. The molecule has 1 radical (unpaired) electrons. The maximum Gasteiger partial charge on any atom is 0.421 e. The Kier molecular flexibility index (Phi) is 6.21. The number of para-hydroxylation sites is 1. The molecule has 0 fully saturated rings. The van der Waals surface area contributed by atoms with Gasteiger partial charge in [-0.2, -0.15) is 0 Å². The molecule has 2 rings (SSSR count). The smallest absolute Gasteiger partial charge is 0.421 e. The van der Waals surface area contributed by atoms with Gasteiger partial charge in [-0.25, -0.2) is 19.1 Å². The topological polar surface area (TPSA) is 85.7 Å². The third-order valence-corrected chi connectivity index (χ3v) is 3.50. The number of aromatic nitrogens is 2. The number of rotatable bonds is 4. The van der Waals surface area contributed by atoms with Crippen molar-refractivity contribution in [2.24, 2.45) is 0 Å². The second-order valence-corrected chi connectivity index (χ2v) is 8.48. The molecular weight excluding hydrogens is 360 g/mol. The summed E-state index contributed by atoms with van der Waals surface area (Å²) in [6.07, 6.45) is -1.01. The molecule has 1 heterocycles. The summed E-state index contributed by atoms with van der Waals surface area (Å²) in [5.74, 6) is 0.415. The number of amides is 1. The molecule has 0 aliphatic rings. The van der Waals surface area contributed by atoms with Crippen LogP contribution in [0.2, 0.25) is 0 Å². The van der Waals surface area contributed by atoms with Gasteiger partial charge >= 0.3 is 12.2 Å². The standard InChI is InChI=1S/C20H29N4O4/c1-19(2,3)27-17(25)21-12-13-23(7)16-22-14-10-8-9-11-15(14)24(16)18(26)28-20(4,5)6/h8-9,11H,12-13H2,1-7H3,(H,21,25). The molecule has 1 aromatic carbocycles. The average Bonchev–Trinajstić information content (AvgIpc) is 2.91. The molecule has 0 aliphatic carbocycles. The van der Waals surface area contributed by atoms with Crippen molar-refractivity contribution >= 4 is 29.2 Å². The lowest BCUT2D eigenvalue weighted by atomic mass is 10.2. The van der Waals surface area contributed by atoms with Crippen molar-refractivity contribution in [1.82, 2.24) is 14.9 Å². The number of nitrogens with one attached hydrogen (secondary N) is 1. The minimum absolute atomic E-state index is 0.326. The van der Waals surface area contributed by atoms with E-state index in [1.165, 1.54) is 4.57 Å². The fraction of sp³-hybridized carbons (Fsp3) is 0.550. The molecule has 0 bridgehead atoms. The molecule has 1 N–H and O–H groups in total. The van der Waals surface area contributed by atoms with Crippen LogP contribution in [0.1, 0.15) is 41.5 Å². The van der Waals surface area contributed by atoms with Gasteiger partial charge in [0.05, 0.1) is 11.0 Å². The number of nitrogens with zero attached hydrogens (tertiary/aromatic N) is 3. The molecule has 153 valence electrons. The van der Waals surface area contributed by atoms with E-state index < -0.39 is 23.4 Å². The number of hydrogen-bond acceptors (Lipinski definition) is 6. The molecule has 2 aromatic rings. The molecule has 0 aliphatic heterocycles. The lowest BCUT2D eigenvalue weighted by Crippen LogP contribution is -2.38. The van der Waals surface area contributed by atoms with Crippen molar-refractivity contribution in [1.29, 1.82) is 0 Å². The van der Waals surface area contributed by atoms with Gasteiger partial charge in [0.25, 0.3) is 0 Å². The molecule has 0 saturated heterocycles. The number of likely N-dealkylation sites (N-methyl/N-ethyl adjacent to an activating group) is 1. The quantitative estimate of drug-likeness (QED) is 0.860. The highest BCUT2D eigenvalue weighted by Crippen LogP contribution is 2.23. The van der Waals surface area contributed by atoms with Crippen molar-refractivity contribution in [3.05, 3.63) is 24.3 Å². The maximum absolute atomic E-state index is 12.8. The minimum atomic E-state index is -0.639. The lowest BCUT2D eigenvalue weighted by molar-refractivity contribution is 0.0520. The first-order valence-electron chi connectivity index (χ1n) is 9.18. The predicted octanol–water partition coefficient (Wildman–Crippen LogP) is 3.58. The third-order valence-electron chi connectivity index (χ3n) is 3.50. The summed E-state index contributed by atoms with van der Waals surface area (Å²) < 4.78 is 12.2. The van der Waals surface area contributed by atoms with Gasteiger partial charge in [-0.05, 0) is 47.6 Å². The largest absolute Gasteiger partial charge is 0.444 e. The minimum Gasteiger partial charge on any atom is -0.444 e. The van der Waals surface area contributed by atoms with Crippen LogP contribution in [0, 0.1) is 6.07 Å². The number of alkyl carbamates (subject to hydrolysis) is 1. The number of ether oxygens (including phenoxy) is 2. The van der Waals surface area contributed by atoms with Crippen LogP contribution in [0.4, 0.5) is 15.5 Å². The van der Waals surface area contributed by atoms with Crippen LogP contribution in [0.15, 0.2) is 18.2 Å². The summed E-state index contributed by atoms with van der Waals surface area (Å²) in [6, 6.07) is 8.35. The first-order valence-corrected chi connectivity index (χ1v) is 9.18. The van der Waals surface area contributed by atoms with Gasteiger partial charge in [0, 0.05) is 26.2 Å². The van der Waals surface area contributed by atoms with Crippen LogP contribution in [0.25, 0.3) is 11.0 Å². The van der Waals surface area contributed by atoms with Crippen molar-refractivity contribution in [3.8, 4) is 0 Å². The Balaban J connectivity index is 2.17. The summed E-state index contributed by atoms with van der Waals surface area (Å²) in [4.78, 5) is 30.8. The Bertz CT molecular complexity index is 846. The number of hydrogen-bond donors (Lipinski definition) is 1. The van der Waals surface area contributed by atoms with Crippen molar-refractivity contribution in [2.45, 2.75) is 52.7 Å². The summed E-state index contributed by atoms with van der Waals surface area (Å²) in [6.45, 7) is 11.6. The third kappa shape index (κ3) is 5.87. The molecule has 1 aromatic heterocycles. The van der Waals surface area contributed by atoms with Gasteiger partial charge < -0.3 is 19.7 Å². The Morgan fingerprint density at radius 3 is 2.43 bits per heavy atom. The van der Waals surface area contributed by atoms with E-state index in [2.05, 4.69) is 16.4 Å². The van der Waals surface area contributed by atoms with Gasteiger partial charge in [-0.3, -0.25) is 0 Å². The highest BCUT2D eigenvalue weighted by molar-refractivity contribution is 5.90. The number of imidazole rings is 1. The van der Waals surface area contributed by atoms with Crippen LogP contribution < -0.4 is 10.2 Å². The van der Waals surface area contributed by atoms with Crippen LogP contribution in [-0.2, 0) is 9.47 Å². The zero-order chi connectivity index (χ0) is 21.1. The van der Waals surface area contributed by atoms with Gasteiger partial charge in [0.2, 0.25) is 5.95 Å². The second kappa shape index (κ2) is 8.08. The highest BCUT2D eigenvalue weighted by Gasteiger charge is 2.25. The monoisotopic (exact) mass is 389 g/mol. The molecule has 1 amide bonds. The number of anilines is 1. The van der Waals surface area contributed by atoms with E-state index >= 15 is 0 Å². The van der Waals surface area contributed by atoms with E-state index in [1.807, 2.05) is 20.8 Å². The fourth-order valence-electron chi connectivity index (χ4n) is 2.43. The molecule has 28 heavy (non-hydrogen) atoms. The molecule has 0 saturated carbocycles. The van der Waals surface area contributed by atoms with E-state index in [-0.39, 0.29) is 0 Å². The van der Waals surface area contributed by atoms with Gasteiger partial charge in [0.1, 0.15) is 11.2 Å². The SMILES string of the molecule is CN(CCNC(=O)OC(C)(C)C)c1nc2[c]cccc2n1C(=O)OC(C)(C)C. The molecule has 0 atom stereocenters. The normalized spacial score (nSPS) is 12.0. The van der Waals surface area contributed by atoms with E-state index in [0.717, 1.165) is 0 Å². The van der Waals surface area contributed by atoms with Crippen LogP contribution in [-0.4, -0.2) is 53.1 Å².